The van der Waals surface area contributed by atoms with E-state index in [9.17, 15) is 9.59 Å². The summed E-state index contributed by atoms with van der Waals surface area (Å²) in [6.45, 7) is 1.96. The smallest absolute Gasteiger partial charge is 0.251 e. The fourth-order valence-corrected chi connectivity index (χ4v) is 4.24. The van der Waals surface area contributed by atoms with Crippen molar-refractivity contribution in [2.75, 3.05) is 24.3 Å². The number of benzene rings is 3. The average molecular weight is 486 g/mol. The summed E-state index contributed by atoms with van der Waals surface area (Å²) >= 11 is 1.29. The maximum atomic E-state index is 13.2. The minimum atomic E-state index is -0.780. The minimum absolute atomic E-state index is 0.306. The molecule has 0 radical (unpaired) electrons. The van der Waals surface area contributed by atoms with Gasteiger partial charge in [-0.2, -0.15) is 0 Å². The molecule has 2 amide bonds. The highest BCUT2D eigenvalue weighted by Gasteiger charge is 2.23. The van der Waals surface area contributed by atoms with E-state index in [1.165, 1.54) is 11.3 Å². The van der Waals surface area contributed by atoms with E-state index < -0.39 is 6.04 Å². The Balaban J connectivity index is 1.49. The molecule has 7 nitrogen and oxygen atoms in total. The van der Waals surface area contributed by atoms with Crippen molar-refractivity contribution in [1.29, 1.82) is 0 Å². The van der Waals surface area contributed by atoms with Crippen molar-refractivity contribution in [3.63, 3.8) is 0 Å². The van der Waals surface area contributed by atoms with Crippen molar-refractivity contribution in [3.05, 3.63) is 95.6 Å². The zero-order chi connectivity index (χ0) is 24.8. The van der Waals surface area contributed by atoms with E-state index in [4.69, 9.17) is 0 Å². The number of amides is 2. The van der Waals surface area contributed by atoms with Gasteiger partial charge in [0, 0.05) is 37.3 Å². The highest BCUT2D eigenvalue weighted by atomic mass is 32.1. The Morgan fingerprint density at radius 2 is 1.60 bits per heavy atom. The quantitative estimate of drug-likeness (QED) is 0.382. The van der Waals surface area contributed by atoms with Crippen molar-refractivity contribution >= 4 is 34.0 Å². The molecule has 0 bridgehead atoms. The molecule has 0 saturated heterocycles. The Hall–Kier alpha value is -4.04. The molecule has 0 aliphatic rings. The van der Waals surface area contributed by atoms with E-state index in [2.05, 4.69) is 20.8 Å². The highest BCUT2D eigenvalue weighted by Crippen LogP contribution is 2.28. The molecule has 1 heterocycles. The molecule has 4 aromatic rings. The van der Waals surface area contributed by atoms with Crippen LogP contribution in [0.1, 0.15) is 21.5 Å². The third kappa shape index (κ3) is 6.30. The molecule has 2 N–H and O–H groups in total. The summed E-state index contributed by atoms with van der Waals surface area (Å²) in [5, 5.41) is 15.2. The van der Waals surface area contributed by atoms with Crippen LogP contribution < -0.4 is 15.5 Å². The van der Waals surface area contributed by atoms with Crippen LogP contribution in [0.5, 0.6) is 0 Å². The predicted octanol–water partition coefficient (Wildman–Crippen LogP) is 4.56. The Labute approximate surface area is 208 Å². The Bertz CT molecular complexity index is 1290. The molecule has 0 saturated carbocycles. The average Bonchev–Trinajstić information content (AvgIpc) is 3.33. The van der Waals surface area contributed by atoms with Gasteiger partial charge < -0.3 is 10.2 Å². The number of carbonyl (C=O) groups is 2. The van der Waals surface area contributed by atoms with Crippen LogP contribution in [0.15, 0.2) is 78.9 Å². The first-order valence-corrected chi connectivity index (χ1v) is 12.0. The van der Waals surface area contributed by atoms with Crippen LogP contribution in [0, 0.1) is 6.92 Å². The fourth-order valence-electron chi connectivity index (χ4n) is 3.49. The third-order valence-corrected chi connectivity index (χ3v) is 6.39. The summed E-state index contributed by atoms with van der Waals surface area (Å²) in [4.78, 5) is 28.1. The van der Waals surface area contributed by atoms with Gasteiger partial charge in [-0.25, -0.2) is 0 Å². The fraction of sp³-hybridized carbons (Fsp3) is 0.185. The minimum Gasteiger partial charge on any atom is -0.378 e. The van der Waals surface area contributed by atoms with Crippen molar-refractivity contribution in [1.82, 2.24) is 15.5 Å². The summed E-state index contributed by atoms with van der Waals surface area (Å²) in [5.74, 6) is -0.653. The van der Waals surface area contributed by atoms with Crippen LogP contribution in [0.25, 0.3) is 10.6 Å². The van der Waals surface area contributed by atoms with Crippen molar-refractivity contribution < 1.29 is 9.59 Å². The van der Waals surface area contributed by atoms with Crippen LogP contribution in [-0.4, -0.2) is 42.1 Å². The highest BCUT2D eigenvalue weighted by molar-refractivity contribution is 7.18. The lowest BCUT2D eigenvalue weighted by Crippen LogP contribution is -2.45. The van der Waals surface area contributed by atoms with E-state index in [-0.39, 0.29) is 11.8 Å². The molecule has 8 heteroatoms. The molecule has 0 spiro atoms. The van der Waals surface area contributed by atoms with Crippen LogP contribution >= 0.6 is 11.3 Å². The molecule has 178 valence electrons. The number of carbonyl (C=O) groups excluding carboxylic acids is 2. The lowest BCUT2D eigenvalue weighted by molar-refractivity contribution is -0.118. The standard InChI is InChI=1S/C27H27N5O2S/c1-18-9-11-20(12-10-18)24(33)28-23(17-19-7-5-4-6-8-19)25(34)29-27-31-30-26(35-27)21-13-15-22(16-14-21)32(2)3/h4-16,23H,17H2,1-3H3,(H,28,33)(H,29,31,34). The van der Waals surface area contributed by atoms with Gasteiger partial charge in [-0.05, 0) is 48.9 Å². The van der Waals surface area contributed by atoms with E-state index in [1.54, 1.807) is 12.1 Å². The molecule has 4 rings (SSSR count). The Kier molecular flexibility index (Phi) is 7.52. The largest absolute Gasteiger partial charge is 0.378 e. The summed E-state index contributed by atoms with van der Waals surface area (Å²) in [6, 6.07) is 24.0. The molecule has 1 aromatic heterocycles. The summed E-state index contributed by atoms with van der Waals surface area (Å²) in [6.07, 6.45) is 0.349. The molecular formula is C27H27N5O2S. The van der Waals surface area contributed by atoms with E-state index >= 15 is 0 Å². The van der Waals surface area contributed by atoms with Gasteiger partial charge in [0.2, 0.25) is 11.0 Å². The van der Waals surface area contributed by atoms with Gasteiger partial charge in [0.1, 0.15) is 11.0 Å². The number of nitrogens with one attached hydrogen (secondary N) is 2. The summed E-state index contributed by atoms with van der Waals surface area (Å²) in [5.41, 5.74) is 4.50. The summed E-state index contributed by atoms with van der Waals surface area (Å²) in [7, 11) is 3.97. The Morgan fingerprint density at radius 3 is 2.26 bits per heavy atom. The SMILES string of the molecule is Cc1ccc(C(=O)NC(Cc2ccccc2)C(=O)Nc2nnc(-c3ccc(N(C)C)cc3)s2)cc1. The molecular weight excluding hydrogens is 458 g/mol. The van der Waals surface area contributed by atoms with Crippen LogP contribution in [0.2, 0.25) is 0 Å². The van der Waals surface area contributed by atoms with Crippen LogP contribution in [-0.2, 0) is 11.2 Å². The lowest BCUT2D eigenvalue weighted by atomic mass is 10.0. The molecule has 1 unspecified atom stereocenters. The number of anilines is 2. The molecule has 0 aliphatic heterocycles. The first-order valence-electron chi connectivity index (χ1n) is 11.2. The van der Waals surface area contributed by atoms with E-state index in [1.807, 2.05) is 92.6 Å². The van der Waals surface area contributed by atoms with Gasteiger partial charge >= 0.3 is 0 Å². The molecule has 1 atom stereocenters. The third-order valence-electron chi connectivity index (χ3n) is 5.50. The van der Waals surface area contributed by atoms with Gasteiger partial charge in [0.05, 0.1) is 0 Å². The van der Waals surface area contributed by atoms with E-state index in [0.29, 0.717) is 22.1 Å². The van der Waals surface area contributed by atoms with Gasteiger partial charge in [-0.3, -0.25) is 14.9 Å². The topological polar surface area (TPSA) is 87.2 Å². The molecule has 0 fully saturated rings. The molecule has 3 aromatic carbocycles. The number of hydrogen-bond donors (Lipinski definition) is 2. The monoisotopic (exact) mass is 485 g/mol. The number of rotatable bonds is 8. The zero-order valence-electron chi connectivity index (χ0n) is 19.9. The predicted molar refractivity (Wildman–Crippen MR) is 141 cm³/mol. The maximum Gasteiger partial charge on any atom is 0.251 e. The number of aryl methyl sites for hydroxylation is 1. The second-order valence-electron chi connectivity index (χ2n) is 8.42. The maximum absolute atomic E-state index is 13.2. The van der Waals surface area contributed by atoms with E-state index in [0.717, 1.165) is 22.4 Å². The molecule has 35 heavy (non-hydrogen) atoms. The van der Waals surface area contributed by atoms with Crippen molar-refractivity contribution in [2.45, 2.75) is 19.4 Å². The number of aromatic nitrogens is 2. The Morgan fingerprint density at radius 1 is 0.914 bits per heavy atom. The first-order chi connectivity index (χ1) is 16.9. The number of nitrogens with zero attached hydrogens (tertiary/aromatic N) is 3. The summed E-state index contributed by atoms with van der Waals surface area (Å²) < 4.78 is 0. The van der Waals surface area contributed by atoms with Gasteiger partial charge in [0.15, 0.2) is 0 Å². The number of hydrogen-bond acceptors (Lipinski definition) is 6. The van der Waals surface area contributed by atoms with Crippen molar-refractivity contribution in [3.8, 4) is 10.6 Å². The normalized spacial score (nSPS) is 11.5. The zero-order valence-corrected chi connectivity index (χ0v) is 20.7. The lowest BCUT2D eigenvalue weighted by Gasteiger charge is -2.18. The first kappa shape index (κ1) is 24.1. The van der Waals surface area contributed by atoms with Gasteiger partial charge in [-0.1, -0.05) is 59.4 Å². The van der Waals surface area contributed by atoms with Crippen LogP contribution in [0.4, 0.5) is 10.8 Å². The second-order valence-corrected chi connectivity index (χ2v) is 9.40. The van der Waals surface area contributed by atoms with Crippen molar-refractivity contribution in [2.24, 2.45) is 0 Å². The van der Waals surface area contributed by atoms with Crippen LogP contribution in [0.3, 0.4) is 0 Å². The second kappa shape index (κ2) is 10.9. The van der Waals surface area contributed by atoms with Gasteiger partial charge in [-0.15, -0.1) is 10.2 Å². The van der Waals surface area contributed by atoms with Gasteiger partial charge in [0.25, 0.3) is 5.91 Å². The molecule has 0 aliphatic carbocycles.